The van der Waals surface area contributed by atoms with E-state index in [0.717, 1.165) is 12.8 Å². The van der Waals surface area contributed by atoms with Gasteiger partial charge >= 0.3 is 11.9 Å². The molecule has 0 heterocycles. The maximum absolute atomic E-state index is 11.2. The van der Waals surface area contributed by atoms with Gasteiger partial charge in [0.2, 0.25) is 0 Å². The molecule has 0 saturated heterocycles. The maximum atomic E-state index is 11.2. The molecule has 0 spiro atoms. The van der Waals surface area contributed by atoms with Crippen LogP contribution in [0.15, 0.2) is 0 Å². The minimum absolute atomic E-state index is 0.0845. The lowest BCUT2D eigenvalue weighted by Gasteiger charge is -2.04. The minimum atomic E-state index is -1.06. The Morgan fingerprint density at radius 3 is 1.19 bits per heavy atom. The van der Waals surface area contributed by atoms with Gasteiger partial charge in [0, 0.05) is 0 Å². The zero-order chi connectivity index (χ0) is 24.5. The number of carbonyl (C=O) groups excluding carboxylic acids is 3. The number of Topliss-reactive ketones (excluding diaryl/α,β-unsaturated/α-hetero) is 2. The predicted octanol–water partition coefficient (Wildman–Crippen LogP) is 6.82. The van der Waals surface area contributed by atoms with E-state index < -0.39 is 5.97 Å². The van der Waals surface area contributed by atoms with Crippen LogP contribution in [0.3, 0.4) is 0 Å². The Morgan fingerprint density at radius 2 is 0.906 bits per heavy atom. The number of esters is 1. The third kappa shape index (κ3) is 32.9. The first-order chi connectivity index (χ1) is 15.3. The molecule has 0 atom stereocenters. The largest absolute Gasteiger partial charge is 0.481 e. The van der Waals surface area contributed by atoms with Crippen molar-refractivity contribution < 1.29 is 29.0 Å². The van der Waals surface area contributed by atoms with E-state index in [4.69, 9.17) is 9.84 Å². The number of ketones is 2. The topological polar surface area (TPSA) is 97.7 Å². The molecule has 6 nitrogen and oxygen atoms in total. The van der Waals surface area contributed by atoms with Crippen LogP contribution in [0.4, 0.5) is 0 Å². The van der Waals surface area contributed by atoms with Crippen molar-refractivity contribution >= 4 is 23.5 Å². The molecule has 0 unspecified atom stereocenters. The van der Waals surface area contributed by atoms with E-state index in [1.807, 2.05) is 0 Å². The summed E-state index contributed by atoms with van der Waals surface area (Å²) in [5.74, 6) is -1.88. The lowest BCUT2D eigenvalue weighted by atomic mass is 10.0. The molecule has 0 aromatic heterocycles. The molecule has 1 N–H and O–H groups in total. The van der Waals surface area contributed by atoms with Crippen LogP contribution in [-0.4, -0.2) is 35.2 Å². The molecule has 0 aliphatic heterocycles. The van der Waals surface area contributed by atoms with Crippen LogP contribution in [0.2, 0.25) is 0 Å². The smallest absolute Gasteiger partial charge is 0.313 e. The molecule has 188 valence electrons. The van der Waals surface area contributed by atoms with Gasteiger partial charge < -0.3 is 9.84 Å². The summed E-state index contributed by atoms with van der Waals surface area (Å²) < 4.78 is 5.01. The van der Waals surface area contributed by atoms with Crippen LogP contribution in [0, 0.1) is 0 Å². The summed E-state index contributed by atoms with van der Waals surface area (Å²) >= 11 is 0. The van der Waals surface area contributed by atoms with E-state index in [1.165, 1.54) is 104 Å². The fraction of sp³-hybridized carbons (Fsp3) is 0.846. The van der Waals surface area contributed by atoms with Crippen LogP contribution < -0.4 is 0 Å². The summed E-state index contributed by atoms with van der Waals surface area (Å²) in [6.45, 7) is 5.39. The predicted molar refractivity (Wildman–Crippen MR) is 129 cm³/mol. The van der Waals surface area contributed by atoms with Crippen molar-refractivity contribution in [3.63, 3.8) is 0 Å². The van der Waals surface area contributed by atoms with E-state index in [0.29, 0.717) is 6.61 Å². The van der Waals surface area contributed by atoms with Crippen molar-refractivity contribution in [2.45, 2.75) is 136 Å². The second-order valence-electron chi connectivity index (χ2n) is 8.68. The summed E-state index contributed by atoms with van der Waals surface area (Å²) in [5.41, 5.74) is 0. The summed E-state index contributed by atoms with van der Waals surface area (Å²) in [6.07, 6.45) is 20.9. The van der Waals surface area contributed by atoms with Crippen LogP contribution in [-0.2, 0) is 23.9 Å². The van der Waals surface area contributed by atoms with Gasteiger partial charge in [-0.05, 0) is 20.3 Å². The second-order valence-corrected chi connectivity index (χ2v) is 8.68. The van der Waals surface area contributed by atoms with Crippen molar-refractivity contribution in [2.75, 3.05) is 6.61 Å². The Kier molecular flexibility index (Phi) is 25.9. The van der Waals surface area contributed by atoms with Gasteiger partial charge in [0.05, 0.1) is 6.61 Å². The Morgan fingerprint density at radius 1 is 0.562 bits per heavy atom. The van der Waals surface area contributed by atoms with Crippen LogP contribution in [0.25, 0.3) is 0 Å². The molecule has 32 heavy (non-hydrogen) atoms. The number of ether oxygens (including phenoxy) is 1. The van der Waals surface area contributed by atoms with Crippen molar-refractivity contribution in [2.24, 2.45) is 0 Å². The first-order valence-corrected chi connectivity index (χ1v) is 12.7. The van der Waals surface area contributed by atoms with Gasteiger partial charge in [-0.3, -0.25) is 19.2 Å². The minimum Gasteiger partial charge on any atom is -0.481 e. The van der Waals surface area contributed by atoms with Gasteiger partial charge in [-0.2, -0.15) is 0 Å². The number of unbranched alkanes of at least 4 members (excludes halogenated alkanes) is 15. The highest BCUT2D eigenvalue weighted by molar-refractivity contribution is 5.94. The molecule has 0 bridgehead atoms. The average Bonchev–Trinajstić information content (AvgIpc) is 2.69. The number of hydrogen-bond acceptors (Lipinski definition) is 5. The van der Waals surface area contributed by atoms with E-state index in [-0.39, 0.29) is 30.4 Å². The molecule has 0 aromatic rings. The average molecular weight is 457 g/mol. The third-order valence-corrected chi connectivity index (χ3v) is 5.05. The van der Waals surface area contributed by atoms with Gasteiger partial charge in [-0.25, -0.2) is 0 Å². The third-order valence-electron chi connectivity index (χ3n) is 5.05. The maximum Gasteiger partial charge on any atom is 0.313 e. The highest BCUT2D eigenvalue weighted by atomic mass is 16.5. The number of carboxylic acid groups (broad SMARTS) is 1. The zero-order valence-electron chi connectivity index (χ0n) is 20.9. The Balaban J connectivity index is 0. The summed E-state index contributed by atoms with van der Waals surface area (Å²) in [7, 11) is 0. The molecule has 0 aromatic carbocycles. The van der Waals surface area contributed by atoms with Crippen LogP contribution in [0.5, 0.6) is 0 Å². The van der Waals surface area contributed by atoms with E-state index in [2.05, 4.69) is 6.92 Å². The number of carbonyl (C=O) groups is 4. The van der Waals surface area contributed by atoms with Gasteiger partial charge in [0.25, 0.3) is 0 Å². The standard InChI is InChI=1S/C22H42O3.C4H6O3/c1-3-4-5-6-7-8-9-10-11-12-13-14-15-16-17-18-19-25-22(24)20-21(2)23;1-3(5)2-4(6)7/h3-20H2,1-2H3;2H2,1H3,(H,6,7). The molecule has 0 radical (unpaired) electrons. The number of aliphatic carboxylic acids is 1. The number of carboxylic acids is 1. The Bertz CT molecular complexity index is 475. The SMILES string of the molecule is CC(=O)CC(=O)O.CCCCCCCCCCCCCCCCCCOC(=O)CC(C)=O. The highest BCUT2D eigenvalue weighted by Gasteiger charge is 2.05. The normalized spacial score (nSPS) is 10.2. The van der Waals surface area contributed by atoms with E-state index >= 15 is 0 Å². The Labute approximate surface area is 195 Å². The molecule has 0 amide bonds. The van der Waals surface area contributed by atoms with Crippen molar-refractivity contribution in [3.8, 4) is 0 Å². The second kappa shape index (κ2) is 25.5. The summed E-state index contributed by atoms with van der Waals surface area (Å²) in [6, 6.07) is 0. The molecular formula is C26H48O6. The van der Waals surface area contributed by atoms with Crippen molar-refractivity contribution in [1.29, 1.82) is 0 Å². The van der Waals surface area contributed by atoms with Gasteiger partial charge in [0.15, 0.2) is 0 Å². The molecule has 0 saturated carbocycles. The quantitative estimate of drug-likeness (QED) is 0.116. The molecular weight excluding hydrogens is 408 g/mol. The summed E-state index contributed by atoms with van der Waals surface area (Å²) in [5, 5.41) is 7.86. The van der Waals surface area contributed by atoms with E-state index in [1.54, 1.807) is 0 Å². The monoisotopic (exact) mass is 456 g/mol. The molecule has 0 rings (SSSR count). The lowest BCUT2D eigenvalue weighted by Crippen LogP contribution is -2.09. The first-order valence-electron chi connectivity index (χ1n) is 12.7. The lowest BCUT2D eigenvalue weighted by molar-refractivity contribution is -0.146. The number of rotatable bonds is 21. The molecule has 0 aliphatic rings. The fourth-order valence-corrected chi connectivity index (χ4v) is 3.30. The van der Waals surface area contributed by atoms with Crippen LogP contribution in [0.1, 0.15) is 136 Å². The molecule has 0 fully saturated rings. The molecule has 6 heteroatoms. The van der Waals surface area contributed by atoms with Crippen molar-refractivity contribution in [3.05, 3.63) is 0 Å². The first kappa shape index (κ1) is 32.5. The van der Waals surface area contributed by atoms with Gasteiger partial charge in [-0.15, -0.1) is 0 Å². The van der Waals surface area contributed by atoms with Crippen molar-refractivity contribution in [1.82, 2.24) is 0 Å². The highest BCUT2D eigenvalue weighted by Crippen LogP contribution is 2.13. The summed E-state index contributed by atoms with van der Waals surface area (Å²) in [4.78, 5) is 41.4. The Hall–Kier alpha value is -1.72. The van der Waals surface area contributed by atoms with E-state index in [9.17, 15) is 19.2 Å². The number of hydrogen-bond donors (Lipinski definition) is 1. The van der Waals surface area contributed by atoms with Gasteiger partial charge in [-0.1, -0.05) is 103 Å². The fourth-order valence-electron chi connectivity index (χ4n) is 3.30. The van der Waals surface area contributed by atoms with Crippen LogP contribution >= 0.6 is 0 Å². The zero-order valence-corrected chi connectivity index (χ0v) is 20.9. The molecule has 0 aliphatic carbocycles. The van der Waals surface area contributed by atoms with Gasteiger partial charge in [0.1, 0.15) is 24.4 Å².